The predicted molar refractivity (Wildman–Crippen MR) is 91.4 cm³/mol. The molecule has 1 aliphatic heterocycles. The number of hydrogen-bond donors (Lipinski definition) is 2. The molecule has 0 bridgehead atoms. The third kappa shape index (κ3) is 5.81. The highest BCUT2D eigenvalue weighted by Gasteiger charge is 2.11. The Balaban J connectivity index is 1.87. The van der Waals surface area contributed by atoms with Crippen molar-refractivity contribution in [2.75, 3.05) is 26.2 Å². The number of nitrogens with zero attached hydrogens (tertiary/aromatic N) is 2. The number of piperidine rings is 1. The number of likely N-dealkylation sites (N-methyl/N-ethyl adjacent to an activating group) is 1. The van der Waals surface area contributed by atoms with Crippen LogP contribution in [0.2, 0.25) is 0 Å². The van der Waals surface area contributed by atoms with E-state index in [1.807, 2.05) is 31.2 Å². The number of carbonyl (C=O) groups is 1. The van der Waals surface area contributed by atoms with Crippen LogP contribution in [0.15, 0.2) is 29.3 Å². The molecular formula is C17H26N4O2. The monoisotopic (exact) mass is 318 g/mol. The second-order valence-corrected chi connectivity index (χ2v) is 5.61. The van der Waals surface area contributed by atoms with Crippen LogP contribution in [-0.4, -0.2) is 43.0 Å². The van der Waals surface area contributed by atoms with E-state index in [0.29, 0.717) is 24.8 Å². The van der Waals surface area contributed by atoms with Crippen LogP contribution in [-0.2, 0) is 11.3 Å². The third-order valence-corrected chi connectivity index (χ3v) is 3.75. The molecule has 1 saturated heterocycles. The molecule has 0 aliphatic carbocycles. The fraction of sp³-hybridized carbons (Fsp3) is 0.529. The molecule has 0 saturated carbocycles. The lowest BCUT2D eigenvalue weighted by molar-refractivity contribution is -0.122. The number of aliphatic imine (C=N–C) groups is 1. The molecule has 6 nitrogen and oxygen atoms in total. The predicted octanol–water partition coefficient (Wildman–Crippen LogP) is 1.50. The van der Waals surface area contributed by atoms with E-state index in [1.54, 1.807) is 0 Å². The Hall–Kier alpha value is -2.24. The normalized spacial score (nSPS) is 15.3. The summed E-state index contributed by atoms with van der Waals surface area (Å²) < 4.78 is 5.48. The minimum atomic E-state index is -0.120. The van der Waals surface area contributed by atoms with E-state index < -0.39 is 0 Å². The summed E-state index contributed by atoms with van der Waals surface area (Å²) in [5, 5.41) is 2.70. The van der Waals surface area contributed by atoms with Crippen LogP contribution >= 0.6 is 0 Å². The maximum Gasteiger partial charge on any atom is 0.257 e. The van der Waals surface area contributed by atoms with Crippen LogP contribution in [0, 0.1) is 0 Å². The summed E-state index contributed by atoms with van der Waals surface area (Å²) in [5.74, 6) is 1.16. The second kappa shape index (κ2) is 9.02. The van der Waals surface area contributed by atoms with Gasteiger partial charge in [0.15, 0.2) is 12.6 Å². The van der Waals surface area contributed by atoms with Gasteiger partial charge in [-0.05, 0) is 43.9 Å². The number of amides is 1. The van der Waals surface area contributed by atoms with E-state index in [1.165, 1.54) is 19.3 Å². The van der Waals surface area contributed by atoms with Gasteiger partial charge in [0.1, 0.15) is 5.75 Å². The summed E-state index contributed by atoms with van der Waals surface area (Å²) in [6.45, 7) is 5.00. The van der Waals surface area contributed by atoms with Crippen molar-refractivity contribution in [3.05, 3.63) is 29.8 Å². The topological polar surface area (TPSA) is 79.9 Å². The third-order valence-electron chi connectivity index (χ3n) is 3.75. The Morgan fingerprint density at radius 3 is 2.87 bits per heavy atom. The smallest absolute Gasteiger partial charge is 0.257 e. The van der Waals surface area contributed by atoms with E-state index in [9.17, 15) is 4.79 Å². The van der Waals surface area contributed by atoms with Crippen molar-refractivity contribution in [1.82, 2.24) is 10.2 Å². The lowest BCUT2D eigenvalue weighted by Gasteiger charge is -2.27. The summed E-state index contributed by atoms with van der Waals surface area (Å²) in [5.41, 5.74) is 7.07. The quantitative estimate of drug-likeness (QED) is 0.615. The van der Waals surface area contributed by atoms with Crippen LogP contribution in [0.25, 0.3) is 0 Å². The fourth-order valence-electron chi connectivity index (χ4n) is 2.53. The number of benzene rings is 1. The van der Waals surface area contributed by atoms with Crippen molar-refractivity contribution in [2.24, 2.45) is 10.7 Å². The van der Waals surface area contributed by atoms with Crippen molar-refractivity contribution in [3.8, 4) is 5.75 Å². The number of nitrogens with one attached hydrogen (secondary N) is 1. The second-order valence-electron chi connectivity index (χ2n) is 5.61. The molecule has 3 N–H and O–H groups in total. The summed E-state index contributed by atoms with van der Waals surface area (Å²) in [6, 6.07) is 7.60. The average Bonchev–Trinajstić information content (AvgIpc) is 2.59. The zero-order chi connectivity index (χ0) is 16.5. The van der Waals surface area contributed by atoms with Crippen molar-refractivity contribution in [2.45, 2.75) is 32.7 Å². The summed E-state index contributed by atoms with van der Waals surface area (Å²) >= 11 is 0. The molecule has 1 aromatic rings. The van der Waals surface area contributed by atoms with Gasteiger partial charge in [0.05, 0.1) is 6.54 Å². The van der Waals surface area contributed by atoms with Gasteiger partial charge < -0.3 is 20.7 Å². The zero-order valence-corrected chi connectivity index (χ0v) is 13.8. The molecule has 126 valence electrons. The van der Waals surface area contributed by atoms with Gasteiger partial charge in [-0.2, -0.15) is 0 Å². The number of likely N-dealkylation sites (tertiary alicyclic amines) is 1. The summed E-state index contributed by atoms with van der Waals surface area (Å²) in [6.07, 6.45) is 3.63. The molecule has 6 heteroatoms. The first-order chi connectivity index (χ1) is 11.2. The van der Waals surface area contributed by atoms with Gasteiger partial charge in [0.2, 0.25) is 0 Å². The Labute approximate surface area is 137 Å². The number of guanidine groups is 1. The first-order valence-electron chi connectivity index (χ1n) is 8.22. The SMILES string of the molecule is CCNC(=O)COc1cccc(CN=C(N)N2CCCCC2)c1. The Bertz CT molecular complexity index is 539. The molecular weight excluding hydrogens is 292 g/mol. The Kier molecular flexibility index (Phi) is 6.72. The molecule has 0 atom stereocenters. The molecule has 1 aromatic carbocycles. The maximum absolute atomic E-state index is 11.4. The molecule has 0 radical (unpaired) electrons. The number of rotatable bonds is 6. The number of carbonyl (C=O) groups excluding carboxylic acids is 1. The number of hydrogen-bond acceptors (Lipinski definition) is 3. The van der Waals surface area contributed by atoms with Crippen LogP contribution in [0.5, 0.6) is 5.75 Å². The van der Waals surface area contributed by atoms with Crippen molar-refractivity contribution < 1.29 is 9.53 Å². The molecule has 1 amide bonds. The van der Waals surface area contributed by atoms with Crippen molar-refractivity contribution in [1.29, 1.82) is 0 Å². The van der Waals surface area contributed by atoms with Gasteiger partial charge in [-0.25, -0.2) is 4.99 Å². The largest absolute Gasteiger partial charge is 0.484 e. The van der Waals surface area contributed by atoms with Crippen LogP contribution < -0.4 is 15.8 Å². The molecule has 0 spiro atoms. The van der Waals surface area contributed by atoms with Gasteiger partial charge in [-0.1, -0.05) is 12.1 Å². The standard InChI is InChI=1S/C17H26N4O2/c1-2-19-16(22)13-23-15-8-6-7-14(11-15)12-20-17(18)21-9-4-3-5-10-21/h6-8,11H,2-5,9-10,12-13H2,1H3,(H2,18,20)(H,19,22). The van der Waals surface area contributed by atoms with E-state index >= 15 is 0 Å². The van der Waals surface area contributed by atoms with Crippen molar-refractivity contribution >= 4 is 11.9 Å². The molecule has 0 aromatic heterocycles. The van der Waals surface area contributed by atoms with Crippen LogP contribution in [0.1, 0.15) is 31.7 Å². The lowest BCUT2D eigenvalue weighted by Crippen LogP contribution is -2.40. The lowest BCUT2D eigenvalue weighted by atomic mass is 10.1. The van der Waals surface area contributed by atoms with E-state index in [4.69, 9.17) is 10.5 Å². The molecule has 23 heavy (non-hydrogen) atoms. The van der Waals surface area contributed by atoms with Gasteiger partial charge in [-0.3, -0.25) is 4.79 Å². The minimum Gasteiger partial charge on any atom is -0.484 e. The highest BCUT2D eigenvalue weighted by molar-refractivity contribution is 5.78. The number of nitrogens with two attached hydrogens (primary N) is 1. The highest BCUT2D eigenvalue weighted by Crippen LogP contribution is 2.14. The molecule has 1 fully saturated rings. The molecule has 1 heterocycles. The average molecular weight is 318 g/mol. The fourth-order valence-corrected chi connectivity index (χ4v) is 2.53. The van der Waals surface area contributed by atoms with Gasteiger partial charge in [0.25, 0.3) is 5.91 Å². The molecule has 1 aliphatic rings. The minimum absolute atomic E-state index is 0.0243. The van der Waals surface area contributed by atoms with E-state index in [-0.39, 0.29) is 12.5 Å². The van der Waals surface area contributed by atoms with Crippen LogP contribution in [0.4, 0.5) is 0 Å². The maximum atomic E-state index is 11.4. The Morgan fingerprint density at radius 2 is 2.13 bits per heavy atom. The zero-order valence-electron chi connectivity index (χ0n) is 13.8. The highest BCUT2D eigenvalue weighted by atomic mass is 16.5. The first kappa shape index (κ1) is 17.1. The van der Waals surface area contributed by atoms with Crippen LogP contribution in [0.3, 0.4) is 0 Å². The van der Waals surface area contributed by atoms with E-state index in [2.05, 4.69) is 15.2 Å². The molecule has 0 unspecified atom stereocenters. The molecule has 2 rings (SSSR count). The van der Waals surface area contributed by atoms with Gasteiger partial charge in [0, 0.05) is 19.6 Å². The Morgan fingerprint density at radius 1 is 1.35 bits per heavy atom. The summed E-state index contributed by atoms with van der Waals surface area (Å²) in [7, 11) is 0. The summed E-state index contributed by atoms with van der Waals surface area (Å²) in [4.78, 5) is 18.0. The van der Waals surface area contributed by atoms with Crippen molar-refractivity contribution in [3.63, 3.8) is 0 Å². The number of ether oxygens (including phenoxy) is 1. The van der Waals surface area contributed by atoms with E-state index in [0.717, 1.165) is 18.7 Å². The van der Waals surface area contributed by atoms with Gasteiger partial charge >= 0.3 is 0 Å². The first-order valence-corrected chi connectivity index (χ1v) is 8.22. The van der Waals surface area contributed by atoms with Gasteiger partial charge in [-0.15, -0.1) is 0 Å².